The zero-order valence-electron chi connectivity index (χ0n) is 16.4. The van der Waals surface area contributed by atoms with Gasteiger partial charge in [0.2, 0.25) is 0 Å². The van der Waals surface area contributed by atoms with Crippen molar-refractivity contribution in [1.82, 2.24) is 14.7 Å². The summed E-state index contributed by atoms with van der Waals surface area (Å²) in [6.45, 7) is 5.53. The number of piperidine rings is 1. The van der Waals surface area contributed by atoms with Gasteiger partial charge in [-0.2, -0.15) is 5.10 Å². The van der Waals surface area contributed by atoms with Crippen LogP contribution in [0.25, 0.3) is 5.69 Å². The van der Waals surface area contributed by atoms with E-state index in [4.69, 9.17) is 19.3 Å². The molecule has 5 rings (SSSR count). The fourth-order valence-electron chi connectivity index (χ4n) is 4.62. The number of likely N-dealkylation sites (tertiary alicyclic amines) is 1. The molecule has 2 fully saturated rings. The van der Waals surface area contributed by atoms with Crippen molar-refractivity contribution in [1.29, 1.82) is 0 Å². The second-order valence-electron chi connectivity index (χ2n) is 8.03. The van der Waals surface area contributed by atoms with Crippen LogP contribution in [0.15, 0.2) is 36.5 Å². The molecule has 3 aliphatic heterocycles. The molecule has 0 amide bonds. The van der Waals surface area contributed by atoms with Crippen LogP contribution in [-0.2, 0) is 26.2 Å². The van der Waals surface area contributed by atoms with Crippen LogP contribution < -0.4 is 0 Å². The molecule has 6 heteroatoms. The van der Waals surface area contributed by atoms with Gasteiger partial charge < -0.3 is 19.1 Å². The summed E-state index contributed by atoms with van der Waals surface area (Å²) >= 11 is 0. The van der Waals surface area contributed by atoms with Crippen LogP contribution in [0.5, 0.6) is 0 Å². The Kier molecular flexibility index (Phi) is 5.20. The van der Waals surface area contributed by atoms with Crippen LogP contribution in [0.1, 0.15) is 36.9 Å². The van der Waals surface area contributed by atoms with Crippen molar-refractivity contribution in [2.45, 2.75) is 44.0 Å². The van der Waals surface area contributed by atoms with E-state index >= 15 is 0 Å². The van der Waals surface area contributed by atoms with E-state index in [1.54, 1.807) is 0 Å². The van der Waals surface area contributed by atoms with Crippen molar-refractivity contribution in [2.24, 2.45) is 0 Å². The molecule has 150 valence electrons. The van der Waals surface area contributed by atoms with Gasteiger partial charge in [0.25, 0.3) is 0 Å². The monoisotopic (exact) mass is 383 g/mol. The highest BCUT2D eigenvalue weighted by atomic mass is 16.7. The summed E-state index contributed by atoms with van der Waals surface area (Å²) in [4.78, 5) is 2.51. The molecule has 0 bridgehead atoms. The summed E-state index contributed by atoms with van der Waals surface area (Å²) < 4.78 is 19.8. The zero-order valence-corrected chi connectivity index (χ0v) is 16.4. The molecule has 1 aromatic carbocycles. The summed E-state index contributed by atoms with van der Waals surface area (Å²) in [7, 11) is 0. The molecule has 0 aliphatic carbocycles. The maximum atomic E-state index is 6.37. The van der Waals surface area contributed by atoms with Gasteiger partial charge in [-0.3, -0.25) is 0 Å². The summed E-state index contributed by atoms with van der Waals surface area (Å²) in [6.07, 6.45) is 7.07. The average molecular weight is 383 g/mol. The lowest BCUT2D eigenvalue weighted by Gasteiger charge is -2.43. The van der Waals surface area contributed by atoms with Gasteiger partial charge in [-0.1, -0.05) is 18.2 Å². The van der Waals surface area contributed by atoms with Crippen LogP contribution in [0.4, 0.5) is 0 Å². The lowest BCUT2D eigenvalue weighted by atomic mass is 9.84. The van der Waals surface area contributed by atoms with Crippen molar-refractivity contribution < 1.29 is 14.2 Å². The van der Waals surface area contributed by atoms with Crippen LogP contribution in [0, 0.1) is 0 Å². The number of ether oxygens (including phenoxy) is 3. The van der Waals surface area contributed by atoms with Crippen LogP contribution in [0.3, 0.4) is 0 Å². The minimum Gasteiger partial charge on any atom is -0.368 e. The van der Waals surface area contributed by atoms with Crippen molar-refractivity contribution >= 4 is 0 Å². The number of aromatic nitrogens is 2. The molecule has 1 spiro atoms. The standard InChI is InChI=1S/C22H29N3O3/c1-2-5-19(6-3-1)25-17-18-8-16-28-22(21(18)23-25)9-12-24(13-10-22)11-7-20-26-14-4-15-27-20/h1-3,5-6,17,20H,4,7-16H2. The summed E-state index contributed by atoms with van der Waals surface area (Å²) in [5.74, 6) is 0. The third-order valence-corrected chi connectivity index (χ3v) is 6.23. The maximum absolute atomic E-state index is 6.37. The molecule has 6 nitrogen and oxygen atoms in total. The Labute approximate surface area is 166 Å². The highest BCUT2D eigenvalue weighted by molar-refractivity contribution is 5.35. The minimum atomic E-state index is -0.220. The molecule has 0 saturated carbocycles. The molecule has 2 aromatic rings. The smallest absolute Gasteiger partial charge is 0.158 e. The number of hydrogen-bond acceptors (Lipinski definition) is 5. The summed E-state index contributed by atoms with van der Waals surface area (Å²) in [5.41, 5.74) is 3.38. The molecule has 28 heavy (non-hydrogen) atoms. The van der Waals surface area contributed by atoms with Crippen molar-refractivity contribution in [3.63, 3.8) is 0 Å². The predicted molar refractivity (Wildman–Crippen MR) is 105 cm³/mol. The van der Waals surface area contributed by atoms with Gasteiger partial charge in [-0.05, 0) is 43.4 Å². The number of rotatable bonds is 4. The lowest BCUT2D eigenvalue weighted by Crippen LogP contribution is -2.47. The Balaban J connectivity index is 1.26. The Morgan fingerprint density at radius 2 is 1.82 bits per heavy atom. The van der Waals surface area contributed by atoms with Gasteiger partial charge in [0, 0.05) is 32.3 Å². The first kappa shape index (κ1) is 18.3. The maximum Gasteiger partial charge on any atom is 0.158 e. The van der Waals surface area contributed by atoms with E-state index in [0.717, 1.165) is 82.9 Å². The summed E-state index contributed by atoms with van der Waals surface area (Å²) in [5, 5.41) is 4.98. The number of hydrogen-bond donors (Lipinski definition) is 0. The fourth-order valence-corrected chi connectivity index (χ4v) is 4.62. The Morgan fingerprint density at radius 1 is 1.04 bits per heavy atom. The first-order valence-corrected chi connectivity index (χ1v) is 10.6. The predicted octanol–water partition coefficient (Wildman–Crippen LogP) is 2.89. The lowest BCUT2D eigenvalue weighted by molar-refractivity contribution is -0.184. The Morgan fingerprint density at radius 3 is 2.61 bits per heavy atom. The number of nitrogens with zero attached hydrogens (tertiary/aromatic N) is 3. The number of benzene rings is 1. The molecule has 0 unspecified atom stereocenters. The Bertz CT molecular complexity index is 778. The molecule has 2 saturated heterocycles. The molecule has 0 atom stereocenters. The second kappa shape index (κ2) is 7.95. The first-order chi connectivity index (χ1) is 13.8. The van der Waals surface area contributed by atoms with Crippen molar-refractivity contribution in [3.8, 4) is 5.69 Å². The third kappa shape index (κ3) is 3.62. The molecule has 4 heterocycles. The van der Waals surface area contributed by atoms with E-state index < -0.39 is 0 Å². The van der Waals surface area contributed by atoms with E-state index in [-0.39, 0.29) is 11.9 Å². The second-order valence-corrected chi connectivity index (χ2v) is 8.03. The first-order valence-electron chi connectivity index (χ1n) is 10.6. The van der Waals surface area contributed by atoms with Crippen LogP contribution in [-0.4, -0.2) is 60.4 Å². The SMILES string of the molecule is c1ccc(-n2cc3c(n2)C2(CCN(CCC4OCCCO4)CC2)OCC3)cc1. The number of fused-ring (bicyclic) bond motifs is 2. The van der Waals surface area contributed by atoms with Gasteiger partial charge in [-0.25, -0.2) is 4.68 Å². The molecular formula is C22H29N3O3. The normalized spacial score (nSPS) is 23.0. The molecule has 0 radical (unpaired) electrons. The number of para-hydroxylation sites is 1. The highest BCUT2D eigenvalue weighted by Crippen LogP contribution is 2.41. The van der Waals surface area contributed by atoms with Crippen molar-refractivity contribution in [2.75, 3.05) is 39.5 Å². The zero-order chi connectivity index (χ0) is 18.8. The molecule has 0 N–H and O–H groups in total. The van der Waals surface area contributed by atoms with E-state index in [1.165, 1.54) is 5.56 Å². The van der Waals surface area contributed by atoms with Gasteiger partial charge >= 0.3 is 0 Å². The summed E-state index contributed by atoms with van der Waals surface area (Å²) in [6, 6.07) is 10.4. The topological polar surface area (TPSA) is 48.8 Å². The molecule has 1 aromatic heterocycles. The highest BCUT2D eigenvalue weighted by Gasteiger charge is 2.43. The van der Waals surface area contributed by atoms with Gasteiger partial charge in [0.15, 0.2) is 6.29 Å². The quantitative estimate of drug-likeness (QED) is 0.813. The minimum absolute atomic E-state index is 0.0243. The fraction of sp³-hybridized carbons (Fsp3) is 0.591. The van der Waals surface area contributed by atoms with Crippen molar-refractivity contribution in [3.05, 3.63) is 47.8 Å². The van der Waals surface area contributed by atoms with E-state index in [1.807, 2.05) is 10.7 Å². The van der Waals surface area contributed by atoms with Gasteiger partial charge in [0.1, 0.15) is 5.60 Å². The van der Waals surface area contributed by atoms with Crippen LogP contribution >= 0.6 is 0 Å². The van der Waals surface area contributed by atoms with Gasteiger partial charge in [0.05, 0.1) is 31.2 Å². The molecule has 3 aliphatic rings. The van der Waals surface area contributed by atoms with E-state index in [0.29, 0.717) is 0 Å². The Hall–Kier alpha value is -1.73. The molecular weight excluding hydrogens is 354 g/mol. The third-order valence-electron chi connectivity index (χ3n) is 6.23. The van der Waals surface area contributed by atoms with Gasteiger partial charge in [-0.15, -0.1) is 0 Å². The van der Waals surface area contributed by atoms with Crippen LogP contribution in [0.2, 0.25) is 0 Å². The van der Waals surface area contributed by atoms with E-state index in [2.05, 4.69) is 35.4 Å². The van der Waals surface area contributed by atoms with E-state index in [9.17, 15) is 0 Å². The largest absolute Gasteiger partial charge is 0.368 e. The average Bonchev–Trinajstić information content (AvgIpc) is 3.21.